The van der Waals surface area contributed by atoms with E-state index in [0.29, 0.717) is 28.1 Å². The Kier molecular flexibility index (Phi) is 4.09. The van der Waals surface area contributed by atoms with E-state index < -0.39 is 6.04 Å². The highest BCUT2D eigenvalue weighted by molar-refractivity contribution is 6.35. The number of halogens is 2. The summed E-state index contributed by atoms with van der Waals surface area (Å²) in [6, 6.07) is 4.56. The fourth-order valence-corrected chi connectivity index (χ4v) is 2.21. The molecule has 1 aromatic carbocycles. The lowest BCUT2D eigenvalue weighted by molar-refractivity contribution is -0.120. The summed E-state index contributed by atoms with van der Waals surface area (Å²) in [5.74, 6) is 0.340. The molecule has 2 rings (SSSR count). The van der Waals surface area contributed by atoms with Crippen molar-refractivity contribution in [3.8, 4) is 0 Å². The molecule has 1 atom stereocenters. The van der Waals surface area contributed by atoms with Gasteiger partial charge in [-0.3, -0.25) is 15.1 Å². The van der Waals surface area contributed by atoms with Crippen molar-refractivity contribution in [3.05, 3.63) is 33.8 Å². The largest absolute Gasteiger partial charge is 0.340 e. The van der Waals surface area contributed by atoms with Crippen LogP contribution in [0.3, 0.4) is 0 Å². The van der Waals surface area contributed by atoms with Gasteiger partial charge < -0.3 is 5.32 Å². The zero-order valence-corrected chi connectivity index (χ0v) is 11.3. The molecule has 0 spiro atoms. The molecular formula is C12H13Cl2N3O. The van der Waals surface area contributed by atoms with Crippen LogP contribution in [0, 0.1) is 0 Å². The Hall–Kier alpha value is -1.26. The lowest BCUT2D eigenvalue weighted by atomic mass is 10.1. The number of guanidine groups is 1. The number of nitrogens with one attached hydrogen (secondary N) is 2. The number of carbonyl (C=O) groups excluding carboxylic acids is 1. The van der Waals surface area contributed by atoms with Crippen LogP contribution >= 0.6 is 23.2 Å². The molecule has 0 radical (unpaired) electrons. The summed E-state index contributed by atoms with van der Waals surface area (Å²) in [6.07, 6.45) is 0.924. The number of aliphatic imine (C=N–C) groups is 1. The minimum Gasteiger partial charge on any atom is -0.340 e. The first-order chi connectivity index (χ1) is 8.61. The van der Waals surface area contributed by atoms with Crippen molar-refractivity contribution >= 4 is 35.1 Å². The van der Waals surface area contributed by atoms with E-state index in [0.717, 1.165) is 6.42 Å². The predicted octanol–water partition coefficient (Wildman–Crippen LogP) is 2.52. The number of carbonyl (C=O) groups is 1. The Balaban J connectivity index is 2.21. The molecule has 0 saturated carbocycles. The number of nitrogens with zero attached hydrogens (tertiary/aromatic N) is 1. The summed E-state index contributed by atoms with van der Waals surface area (Å²) in [5.41, 5.74) is 0.695. The molecule has 18 heavy (non-hydrogen) atoms. The van der Waals surface area contributed by atoms with Crippen LogP contribution in [0.4, 0.5) is 0 Å². The van der Waals surface area contributed by atoms with Gasteiger partial charge in [0, 0.05) is 22.2 Å². The molecule has 1 aliphatic heterocycles. The van der Waals surface area contributed by atoms with Gasteiger partial charge in [0.25, 0.3) is 5.91 Å². The lowest BCUT2D eigenvalue weighted by Gasteiger charge is -2.10. The second-order valence-corrected chi connectivity index (χ2v) is 4.81. The lowest BCUT2D eigenvalue weighted by Crippen LogP contribution is -2.25. The molecule has 2 N–H and O–H groups in total. The number of benzene rings is 1. The molecule has 1 saturated heterocycles. The van der Waals surface area contributed by atoms with Crippen LogP contribution in [0.25, 0.3) is 0 Å². The van der Waals surface area contributed by atoms with Gasteiger partial charge in [-0.1, -0.05) is 36.2 Å². The van der Waals surface area contributed by atoms with Crippen molar-refractivity contribution in [3.63, 3.8) is 0 Å². The van der Waals surface area contributed by atoms with E-state index >= 15 is 0 Å². The maximum Gasteiger partial charge on any atom is 0.253 e. The van der Waals surface area contributed by atoms with Crippen molar-refractivity contribution in [2.24, 2.45) is 4.99 Å². The highest BCUT2D eigenvalue weighted by atomic mass is 35.5. The van der Waals surface area contributed by atoms with Crippen LogP contribution in [0.2, 0.25) is 10.0 Å². The third-order valence-corrected chi connectivity index (χ3v) is 3.11. The van der Waals surface area contributed by atoms with Gasteiger partial charge in [-0.15, -0.1) is 0 Å². The van der Waals surface area contributed by atoms with Gasteiger partial charge in [-0.25, -0.2) is 0 Å². The summed E-state index contributed by atoms with van der Waals surface area (Å²) in [5, 5.41) is 6.71. The van der Waals surface area contributed by atoms with Crippen LogP contribution in [-0.4, -0.2) is 18.4 Å². The molecule has 1 aliphatic rings. The number of hydrogen-bond donors (Lipinski definition) is 2. The fraction of sp³-hybridized carbons (Fsp3) is 0.333. The minimum atomic E-state index is -0.509. The van der Waals surface area contributed by atoms with Gasteiger partial charge in [-0.05, 0) is 18.6 Å². The zero-order chi connectivity index (χ0) is 13.1. The van der Waals surface area contributed by atoms with E-state index in [1.807, 2.05) is 6.92 Å². The number of rotatable bonds is 3. The summed E-state index contributed by atoms with van der Waals surface area (Å²) in [4.78, 5) is 16.1. The average Bonchev–Trinajstić information content (AvgIpc) is 2.68. The topological polar surface area (TPSA) is 53.5 Å². The van der Waals surface area contributed by atoms with Crippen LogP contribution in [0.15, 0.2) is 23.2 Å². The molecule has 0 aliphatic carbocycles. The smallest absolute Gasteiger partial charge is 0.253 e. The summed E-state index contributed by atoms with van der Waals surface area (Å²) < 4.78 is 0. The minimum absolute atomic E-state index is 0.158. The van der Waals surface area contributed by atoms with Gasteiger partial charge in [0.05, 0.1) is 0 Å². The Bertz CT molecular complexity index is 502. The Labute approximate surface area is 115 Å². The number of amides is 1. The van der Waals surface area contributed by atoms with Crippen molar-refractivity contribution in [2.45, 2.75) is 19.4 Å². The third-order valence-electron chi connectivity index (χ3n) is 2.55. The Morgan fingerprint density at radius 3 is 2.83 bits per heavy atom. The molecule has 0 bridgehead atoms. The standard InChI is InChI=1S/C12H13Cl2N3O/c1-2-5-15-12-16-10(11(18)17-12)8-4-3-7(13)6-9(8)14/h3-4,6,10H,2,5H2,1H3,(H2,15,16,17,18). The van der Waals surface area contributed by atoms with Gasteiger partial charge in [0.1, 0.15) is 6.04 Å². The zero-order valence-electron chi connectivity index (χ0n) is 9.84. The third kappa shape index (κ3) is 2.76. The van der Waals surface area contributed by atoms with Crippen LogP contribution in [-0.2, 0) is 4.79 Å². The van der Waals surface area contributed by atoms with Gasteiger partial charge >= 0.3 is 0 Å². The fourth-order valence-electron chi connectivity index (χ4n) is 1.69. The molecular weight excluding hydrogens is 273 g/mol. The van der Waals surface area contributed by atoms with E-state index in [1.165, 1.54) is 0 Å². The van der Waals surface area contributed by atoms with E-state index in [1.54, 1.807) is 18.2 Å². The molecule has 1 unspecified atom stereocenters. The molecule has 1 fully saturated rings. The second-order valence-electron chi connectivity index (χ2n) is 3.96. The van der Waals surface area contributed by atoms with E-state index in [9.17, 15) is 4.79 Å². The summed E-state index contributed by atoms with van der Waals surface area (Å²) in [6.45, 7) is 2.69. The summed E-state index contributed by atoms with van der Waals surface area (Å²) in [7, 11) is 0. The molecule has 0 aromatic heterocycles. The monoisotopic (exact) mass is 285 g/mol. The maximum atomic E-state index is 11.8. The molecule has 6 heteroatoms. The molecule has 1 heterocycles. The SMILES string of the molecule is CCCN=C1NC(=O)C(c2ccc(Cl)cc2Cl)N1. The predicted molar refractivity (Wildman–Crippen MR) is 73.1 cm³/mol. The first-order valence-electron chi connectivity index (χ1n) is 5.68. The van der Waals surface area contributed by atoms with Crippen LogP contribution in [0.1, 0.15) is 24.9 Å². The van der Waals surface area contributed by atoms with Crippen molar-refractivity contribution in [2.75, 3.05) is 6.54 Å². The maximum absolute atomic E-state index is 11.8. The molecule has 4 nitrogen and oxygen atoms in total. The first-order valence-corrected chi connectivity index (χ1v) is 6.44. The average molecular weight is 286 g/mol. The first kappa shape index (κ1) is 13.2. The Morgan fingerprint density at radius 1 is 1.39 bits per heavy atom. The van der Waals surface area contributed by atoms with E-state index in [2.05, 4.69) is 15.6 Å². The quantitative estimate of drug-likeness (QED) is 0.897. The second kappa shape index (κ2) is 5.59. The Morgan fingerprint density at radius 2 is 2.17 bits per heavy atom. The van der Waals surface area contributed by atoms with E-state index in [-0.39, 0.29) is 5.91 Å². The van der Waals surface area contributed by atoms with E-state index in [4.69, 9.17) is 23.2 Å². The number of hydrogen-bond acceptors (Lipinski definition) is 2. The van der Waals surface area contributed by atoms with Gasteiger partial charge in [-0.2, -0.15) is 0 Å². The van der Waals surface area contributed by atoms with Crippen LogP contribution < -0.4 is 10.6 Å². The summed E-state index contributed by atoms with van der Waals surface area (Å²) >= 11 is 11.9. The molecule has 1 amide bonds. The normalized spacial score (nSPS) is 20.9. The van der Waals surface area contributed by atoms with Crippen molar-refractivity contribution in [1.29, 1.82) is 0 Å². The molecule has 1 aromatic rings. The van der Waals surface area contributed by atoms with Gasteiger partial charge in [0.2, 0.25) is 0 Å². The molecule has 96 valence electrons. The van der Waals surface area contributed by atoms with Gasteiger partial charge in [0.15, 0.2) is 5.96 Å². The highest BCUT2D eigenvalue weighted by Crippen LogP contribution is 2.27. The van der Waals surface area contributed by atoms with Crippen molar-refractivity contribution < 1.29 is 4.79 Å². The van der Waals surface area contributed by atoms with Crippen molar-refractivity contribution in [1.82, 2.24) is 10.6 Å². The highest BCUT2D eigenvalue weighted by Gasteiger charge is 2.30. The van der Waals surface area contributed by atoms with Crippen LogP contribution in [0.5, 0.6) is 0 Å².